The summed E-state index contributed by atoms with van der Waals surface area (Å²) in [6.45, 7) is 0. The average Bonchev–Trinajstić information content (AvgIpc) is 2.36. The summed E-state index contributed by atoms with van der Waals surface area (Å²) < 4.78 is 23.0. The molecule has 88 valence electrons. The molecule has 4 nitrogen and oxygen atoms in total. The first-order valence-electron chi connectivity index (χ1n) is 4.88. The molecule has 0 saturated heterocycles. The summed E-state index contributed by atoms with van der Waals surface area (Å²) in [7, 11) is 2.65. The van der Waals surface area contributed by atoms with Crippen molar-refractivity contribution in [3.05, 3.63) is 35.8 Å². The molecule has 0 atom stereocenters. The first-order chi connectivity index (χ1) is 8.17. The number of nitrogens with zero attached hydrogens (tertiary/aromatic N) is 1. The van der Waals surface area contributed by atoms with Crippen LogP contribution in [0.4, 0.5) is 4.39 Å². The van der Waals surface area contributed by atoms with E-state index in [-0.39, 0.29) is 5.75 Å². The second-order valence-electron chi connectivity index (χ2n) is 3.35. The second kappa shape index (κ2) is 4.37. The molecule has 0 unspecified atom stereocenters. The van der Waals surface area contributed by atoms with Crippen molar-refractivity contribution < 1.29 is 18.7 Å². The predicted octanol–water partition coefficient (Wildman–Crippen LogP) is 2.17. The fourth-order valence-corrected chi connectivity index (χ4v) is 1.59. The minimum Gasteiger partial charge on any atom is -0.494 e. The minimum absolute atomic E-state index is 0.0654. The molecule has 0 amide bonds. The van der Waals surface area contributed by atoms with Gasteiger partial charge in [-0.3, -0.25) is 4.98 Å². The number of rotatable bonds is 2. The SMILES string of the molecule is COC(=O)c1ccnc2cc(F)c(OC)cc12. The molecular weight excluding hydrogens is 225 g/mol. The second-order valence-corrected chi connectivity index (χ2v) is 3.35. The summed E-state index contributed by atoms with van der Waals surface area (Å²) in [5.41, 5.74) is 0.710. The average molecular weight is 235 g/mol. The Balaban J connectivity index is 2.74. The zero-order chi connectivity index (χ0) is 12.4. The van der Waals surface area contributed by atoms with E-state index in [0.717, 1.165) is 0 Å². The Bertz CT molecular complexity index is 583. The quantitative estimate of drug-likeness (QED) is 0.748. The number of carbonyl (C=O) groups excluding carboxylic acids is 1. The van der Waals surface area contributed by atoms with Gasteiger partial charge in [0.15, 0.2) is 11.6 Å². The maximum Gasteiger partial charge on any atom is 0.338 e. The fraction of sp³-hybridized carbons (Fsp3) is 0.167. The standard InChI is InChI=1S/C12H10FNO3/c1-16-11-5-8-7(12(15)17-2)3-4-14-10(8)6-9(11)13/h3-6H,1-2H3. The first kappa shape index (κ1) is 11.3. The van der Waals surface area contributed by atoms with Gasteiger partial charge in [0.1, 0.15) is 0 Å². The van der Waals surface area contributed by atoms with Crippen molar-refractivity contribution in [1.82, 2.24) is 4.98 Å². The Hall–Kier alpha value is -2.17. The number of fused-ring (bicyclic) bond motifs is 1. The van der Waals surface area contributed by atoms with E-state index in [1.165, 1.54) is 38.6 Å². The van der Waals surface area contributed by atoms with Crippen LogP contribution >= 0.6 is 0 Å². The molecule has 1 aromatic heterocycles. The Kier molecular flexibility index (Phi) is 2.91. The lowest BCUT2D eigenvalue weighted by Gasteiger charge is -2.07. The van der Waals surface area contributed by atoms with Crippen LogP contribution in [-0.2, 0) is 4.74 Å². The van der Waals surface area contributed by atoms with Gasteiger partial charge in [-0.2, -0.15) is 0 Å². The van der Waals surface area contributed by atoms with E-state index in [9.17, 15) is 9.18 Å². The van der Waals surface area contributed by atoms with Crippen molar-refractivity contribution >= 4 is 16.9 Å². The molecule has 0 N–H and O–H groups in total. The van der Waals surface area contributed by atoms with E-state index >= 15 is 0 Å². The van der Waals surface area contributed by atoms with E-state index in [2.05, 4.69) is 9.72 Å². The molecular formula is C12H10FNO3. The third-order valence-electron chi connectivity index (χ3n) is 2.42. The largest absolute Gasteiger partial charge is 0.494 e. The highest BCUT2D eigenvalue weighted by molar-refractivity contribution is 6.03. The third kappa shape index (κ3) is 1.91. The van der Waals surface area contributed by atoms with Crippen molar-refractivity contribution in [2.45, 2.75) is 0 Å². The highest BCUT2D eigenvalue weighted by atomic mass is 19.1. The van der Waals surface area contributed by atoms with Crippen molar-refractivity contribution in [3.8, 4) is 5.75 Å². The van der Waals surface area contributed by atoms with Crippen molar-refractivity contribution in [2.75, 3.05) is 14.2 Å². The monoisotopic (exact) mass is 235 g/mol. The zero-order valence-electron chi connectivity index (χ0n) is 9.36. The minimum atomic E-state index is -0.519. The lowest BCUT2D eigenvalue weighted by atomic mass is 10.1. The molecule has 0 fully saturated rings. The van der Waals surface area contributed by atoms with Gasteiger partial charge >= 0.3 is 5.97 Å². The van der Waals surface area contributed by atoms with Crippen LogP contribution in [0.5, 0.6) is 5.75 Å². The molecule has 2 rings (SSSR count). The third-order valence-corrected chi connectivity index (χ3v) is 2.42. The van der Waals surface area contributed by atoms with Gasteiger partial charge in [0, 0.05) is 17.6 Å². The molecule has 1 aromatic carbocycles. The molecule has 0 radical (unpaired) electrons. The van der Waals surface area contributed by atoms with E-state index in [0.29, 0.717) is 16.5 Å². The van der Waals surface area contributed by atoms with Crippen LogP contribution in [0.25, 0.3) is 10.9 Å². The molecule has 0 spiro atoms. The lowest BCUT2D eigenvalue weighted by molar-refractivity contribution is 0.0603. The highest BCUT2D eigenvalue weighted by Crippen LogP contribution is 2.26. The Morgan fingerprint density at radius 2 is 2.12 bits per heavy atom. The molecule has 2 aromatic rings. The summed E-state index contributed by atoms with van der Waals surface area (Å²) in [6.07, 6.45) is 1.43. The smallest absolute Gasteiger partial charge is 0.338 e. The number of methoxy groups -OCH3 is 2. The van der Waals surface area contributed by atoms with Gasteiger partial charge in [0.05, 0.1) is 25.3 Å². The fourth-order valence-electron chi connectivity index (χ4n) is 1.59. The number of halogens is 1. The van der Waals surface area contributed by atoms with Gasteiger partial charge < -0.3 is 9.47 Å². The van der Waals surface area contributed by atoms with Gasteiger partial charge in [-0.25, -0.2) is 9.18 Å². The number of benzene rings is 1. The summed E-state index contributed by atoms with van der Waals surface area (Å²) in [5.74, 6) is -0.948. The first-order valence-corrected chi connectivity index (χ1v) is 4.88. The summed E-state index contributed by atoms with van der Waals surface area (Å²) in [5, 5.41) is 0.498. The molecule has 0 bridgehead atoms. The molecule has 0 aliphatic heterocycles. The Labute approximate surface area is 97.0 Å². The van der Waals surface area contributed by atoms with Crippen LogP contribution in [0.15, 0.2) is 24.4 Å². The summed E-state index contributed by atoms with van der Waals surface area (Å²) in [4.78, 5) is 15.5. The van der Waals surface area contributed by atoms with Crippen LogP contribution in [0, 0.1) is 5.82 Å². The van der Waals surface area contributed by atoms with Gasteiger partial charge in [-0.05, 0) is 12.1 Å². The maximum atomic E-state index is 13.5. The Morgan fingerprint density at radius 3 is 2.76 bits per heavy atom. The van der Waals surface area contributed by atoms with E-state index in [1.807, 2.05) is 0 Å². The lowest BCUT2D eigenvalue weighted by Crippen LogP contribution is -2.03. The van der Waals surface area contributed by atoms with Crippen LogP contribution in [-0.4, -0.2) is 25.2 Å². The molecule has 0 aliphatic carbocycles. The van der Waals surface area contributed by atoms with Crippen molar-refractivity contribution in [2.24, 2.45) is 0 Å². The molecule has 5 heteroatoms. The number of hydrogen-bond acceptors (Lipinski definition) is 4. The van der Waals surface area contributed by atoms with Crippen LogP contribution in [0.2, 0.25) is 0 Å². The number of aromatic nitrogens is 1. The van der Waals surface area contributed by atoms with E-state index in [4.69, 9.17) is 4.74 Å². The zero-order valence-corrected chi connectivity index (χ0v) is 9.36. The summed E-state index contributed by atoms with van der Waals surface area (Å²) >= 11 is 0. The normalized spacial score (nSPS) is 10.3. The predicted molar refractivity (Wildman–Crippen MR) is 59.6 cm³/mol. The molecule has 0 aliphatic rings. The van der Waals surface area contributed by atoms with Crippen LogP contribution < -0.4 is 4.74 Å². The van der Waals surface area contributed by atoms with E-state index in [1.54, 1.807) is 0 Å². The summed E-state index contributed by atoms with van der Waals surface area (Å²) in [6, 6.07) is 4.18. The highest BCUT2D eigenvalue weighted by Gasteiger charge is 2.13. The molecule has 0 saturated carbocycles. The van der Waals surface area contributed by atoms with Gasteiger partial charge in [-0.1, -0.05) is 0 Å². The van der Waals surface area contributed by atoms with Crippen LogP contribution in [0.1, 0.15) is 10.4 Å². The van der Waals surface area contributed by atoms with Crippen molar-refractivity contribution in [3.63, 3.8) is 0 Å². The number of ether oxygens (including phenoxy) is 2. The topological polar surface area (TPSA) is 48.4 Å². The van der Waals surface area contributed by atoms with Gasteiger partial charge in [0.2, 0.25) is 0 Å². The molecule has 1 heterocycles. The van der Waals surface area contributed by atoms with E-state index < -0.39 is 11.8 Å². The van der Waals surface area contributed by atoms with Crippen molar-refractivity contribution in [1.29, 1.82) is 0 Å². The van der Waals surface area contributed by atoms with Gasteiger partial charge in [-0.15, -0.1) is 0 Å². The van der Waals surface area contributed by atoms with Crippen LogP contribution in [0.3, 0.4) is 0 Å². The number of pyridine rings is 1. The number of carbonyl (C=O) groups is 1. The molecule has 17 heavy (non-hydrogen) atoms. The Morgan fingerprint density at radius 1 is 1.35 bits per heavy atom. The number of esters is 1. The maximum absolute atomic E-state index is 13.5. The van der Waals surface area contributed by atoms with Gasteiger partial charge in [0.25, 0.3) is 0 Å². The number of hydrogen-bond donors (Lipinski definition) is 0.